The minimum atomic E-state index is -1.28. The molecule has 2 N–H and O–H groups in total. The number of aromatic nitrogens is 2. The SMILES string of the molecule is O=C(Nc1ncc(C(=O)O)o1)c1ccnc(-c2ccc(Cl)c(Cl)c2)c1. The molecule has 0 unspecified atom stereocenters. The average Bonchev–Trinajstić information content (AvgIpc) is 3.06. The van der Waals surface area contributed by atoms with E-state index in [1.165, 1.54) is 12.3 Å². The standard InChI is InChI=1S/C16H9Cl2N3O4/c17-10-2-1-8(5-11(10)18)12-6-9(3-4-19-12)14(22)21-16-20-7-13(25-16)15(23)24/h1-7H,(H,23,24)(H,20,21,22). The Kier molecular flexibility index (Phi) is 4.69. The van der Waals surface area contributed by atoms with Crippen molar-refractivity contribution >= 4 is 41.1 Å². The fourth-order valence-corrected chi connectivity index (χ4v) is 2.28. The van der Waals surface area contributed by atoms with E-state index in [4.69, 9.17) is 32.7 Å². The Morgan fingerprint density at radius 1 is 1.08 bits per heavy atom. The number of rotatable bonds is 4. The number of carbonyl (C=O) groups excluding carboxylic acids is 1. The molecule has 0 bridgehead atoms. The number of carbonyl (C=O) groups is 2. The molecule has 0 spiro atoms. The summed E-state index contributed by atoms with van der Waals surface area (Å²) in [6.07, 6.45) is 2.47. The van der Waals surface area contributed by atoms with Crippen molar-refractivity contribution in [3.63, 3.8) is 0 Å². The summed E-state index contributed by atoms with van der Waals surface area (Å²) in [5, 5.41) is 11.9. The highest BCUT2D eigenvalue weighted by atomic mass is 35.5. The van der Waals surface area contributed by atoms with Crippen LogP contribution in [0.1, 0.15) is 20.9 Å². The Hall–Kier alpha value is -2.90. The van der Waals surface area contributed by atoms with Crippen LogP contribution in [0.25, 0.3) is 11.3 Å². The summed E-state index contributed by atoms with van der Waals surface area (Å²) in [6.45, 7) is 0. The van der Waals surface area contributed by atoms with Gasteiger partial charge < -0.3 is 9.52 Å². The van der Waals surface area contributed by atoms with Crippen molar-refractivity contribution < 1.29 is 19.1 Å². The van der Waals surface area contributed by atoms with Crippen LogP contribution in [-0.2, 0) is 0 Å². The van der Waals surface area contributed by atoms with Gasteiger partial charge in [0.25, 0.3) is 5.91 Å². The maximum Gasteiger partial charge on any atom is 0.373 e. The molecule has 0 aliphatic heterocycles. The van der Waals surface area contributed by atoms with Gasteiger partial charge in [0.05, 0.1) is 21.9 Å². The molecule has 7 nitrogen and oxygen atoms in total. The van der Waals surface area contributed by atoms with Gasteiger partial charge in [0.15, 0.2) is 0 Å². The molecule has 0 aliphatic carbocycles. The molecule has 3 aromatic rings. The zero-order valence-corrected chi connectivity index (χ0v) is 13.9. The van der Waals surface area contributed by atoms with Crippen molar-refractivity contribution in [2.75, 3.05) is 5.32 Å². The fourth-order valence-electron chi connectivity index (χ4n) is 1.99. The molecule has 2 heterocycles. The number of benzene rings is 1. The molecule has 0 fully saturated rings. The molecule has 9 heteroatoms. The van der Waals surface area contributed by atoms with Crippen molar-refractivity contribution in [2.24, 2.45) is 0 Å². The van der Waals surface area contributed by atoms with E-state index in [1.54, 1.807) is 24.3 Å². The Morgan fingerprint density at radius 3 is 2.56 bits per heavy atom. The van der Waals surface area contributed by atoms with E-state index in [0.29, 0.717) is 21.3 Å². The van der Waals surface area contributed by atoms with Gasteiger partial charge in [-0.15, -0.1) is 0 Å². The van der Waals surface area contributed by atoms with E-state index < -0.39 is 11.9 Å². The van der Waals surface area contributed by atoms with Crippen LogP contribution in [0.2, 0.25) is 10.0 Å². The number of hydrogen-bond donors (Lipinski definition) is 2. The summed E-state index contributed by atoms with van der Waals surface area (Å²) in [6, 6.07) is 7.84. The van der Waals surface area contributed by atoms with Gasteiger partial charge in [-0.05, 0) is 24.3 Å². The lowest BCUT2D eigenvalue weighted by Gasteiger charge is -2.05. The quantitative estimate of drug-likeness (QED) is 0.711. The second-order valence-corrected chi connectivity index (χ2v) is 5.66. The zero-order chi connectivity index (χ0) is 18.0. The molecule has 0 atom stereocenters. The number of carboxylic acids is 1. The fraction of sp³-hybridized carbons (Fsp3) is 0. The van der Waals surface area contributed by atoms with Gasteiger partial charge in [0, 0.05) is 17.3 Å². The second kappa shape index (κ2) is 6.92. The molecule has 0 radical (unpaired) electrons. The van der Waals surface area contributed by atoms with Crippen molar-refractivity contribution in [2.45, 2.75) is 0 Å². The van der Waals surface area contributed by atoms with E-state index in [2.05, 4.69) is 15.3 Å². The first-order valence-electron chi connectivity index (χ1n) is 6.86. The molecule has 1 amide bonds. The largest absolute Gasteiger partial charge is 0.475 e. The number of oxazole rings is 1. The first-order chi connectivity index (χ1) is 11.9. The maximum atomic E-state index is 12.3. The van der Waals surface area contributed by atoms with Gasteiger partial charge in [-0.25, -0.2) is 9.78 Å². The molecule has 0 saturated heterocycles. The summed E-state index contributed by atoms with van der Waals surface area (Å²) in [5.41, 5.74) is 1.49. The van der Waals surface area contributed by atoms with E-state index in [1.807, 2.05) is 0 Å². The third-order valence-corrected chi connectivity index (χ3v) is 3.91. The minimum absolute atomic E-state index is 0.213. The molecule has 1 aromatic carbocycles. The second-order valence-electron chi connectivity index (χ2n) is 4.85. The zero-order valence-electron chi connectivity index (χ0n) is 12.4. The number of nitrogens with one attached hydrogen (secondary N) is 1. The van der Waals surface area contributed by atoms with E-state index in [0.717, 1.165) is 6.20 Å². The molecular weight excluding hydrogens is 369 g/mol. The summed E-state index contributed by atoms with van der Waals surface area (Å²) in [7, 11) is 0. The highest BCUT2D eigenvalue weighted by Crippen LogP contribution is 2.27. The van der Waals surface area contributed by atoms with Crippen LogP contribution in [0.15, 0.2) is 47.1 Å². The molecular formula is C16H9Cl2N3O4. The maximum absolute atomic E-state index is 12.3. The minimum Gasteiger partial charge on any atom is -0.475 e. The van der Waals surface area contributed by atoms with Crippen LogP contribution in [-0.4, -0.2) is 27.0 Å². The van der Waals surface area contributed by atoms with Gasteiger partial charge in [0.2, 0.25) is 5.76 Å². The summed E-state index contributed by atoms with van der Waals surface area (Å²) >= 11 is 11.9. The van der Waals surface area contributed by atoms with Crippen molar-refractivity contribution in [3.8, 4) is 11.3 Å². The van der Waals surface area contributed by atoms with E-state index in [9.17, 15) is 9.59 Å². The predicted molar refractivity (Wildman–Crippen MR) is 91.1 cm³/mol. The van der Waals surface area contributed by atoms with Gasteiger partial charge >= 0.3 is 12.0 Å². The van der Waals surface area contributed by atoms with Gasteiger partial charge in [-0.3, -0.25) is 15.1 Å². The number of anilines is 1. The summed E-state index contributed by atoms with van der Waals surface area (Å²) < 4.78 is 4.89. The lowest BCUT2D eigenvalue weighted by Crippen LogP contribution is -2.12. The highest BCUT2D eigenvalue weighted by molar-refractivity contribution is 6.42. The molecule has 0 aliphatic rings. The monoisotopic (exact) mass is 377 g/mol. The van der Waals surface area contributed by atoms with Crippen molar-refractivity contribution in [3.05, 3.63) is 64.1 Å². The van der Waals surface area contributed by atoms with Gasteiger partial charge in [0.1, 0.15) is 0 Å². The van der Waals surface area contributed by atoms with Crippen LogP contribution in [0, 0.1) is 0 Å². The Bertz CT molecular complexity index is 972. The Balaban J connectivity index is 1.83. The third-order valence-electron chi connectivity index (χ3n) is 3.17. The number of nitrogens with zero attached hydrogens (tertiary/aromatic N) is 2. The molecule has 2 aromatic heterocycles. The first-order valence-corrected chi connectivity index (χ1v) is 7.61. The lowest BCUT2D eigenvalue weighted by atomic mass is 10.1. The normalized spacial score (nSPS) is 10.5. The Labute approximate surface area is 151 Å². The van der Waals surface area contributed by atoms with Crippen LogP contribution < -0.4 is 5.32 Å². The number of aromatic carboxylic acids is 1. The number of pyridine rings is 1. The van der Waals surface area contributed by atoms with E-state index >= 15 is 0 Å². The van der Waals surface area contributed by atoms with E-state index in [-0.39, 0.29) is 17.3 Å². The van der Waals surface area contributed by atoms with Crippen LogP contribution in [0.3, 0.4) is 0 Å². The number of hydrogen-bond acceptors (Lipinski definition) is 5. The van der Waals surface area contributed by atoms with Gasteiger partial charge in [-0.1, -0.05) is 29.3 Å². The number of amides is 1. The lowest BCUT2D eigenvalue weighted by molar-refractivity contribution is 0.0662. The molecule has 0 saturated carbocycles. The van der Waals surface area contributed by atoms with Crippen LogP contribution in [0.5, 0.6) is 0 Å². The van der Waals surface area contributed by atoms with Crippen molar-refractivity contribution in [1.82, 2.24) is 9.97 Å². The highest BCUT2D eigenvalue weighted by Gasteiger charge is 2.15. The smallest absolute Gasteiger partial charge is 0.373 e. The Morgan fingerprint density at radius 2 is 1.88 bits per heavy atom. The molecule has 3 rings (SSSR count). The van der Waals surface area contributed by atoms with Crippen LogP contribution in [0.4, 0.5) is 6.01 Å². The average molecular weight is 378 g/mol. The number of carboxylic acid groups (broad SMARTS) is 1. The molecule has 126 valence electrons. The predicted octanol–water partition coefficient (Wildman–Crippen LogP) is 3.99. The third kappa shape index (κ3) is 3.78. The summed E-state index contributed by atoms with van der Waals surface area (Å²) in [5.74, 6) is -2.18. The van der Waals surface area contributed by atoms with Gasteiger partial charge in [-0.2, -0.15) is 0 Å². The molecule has 25 heavy (non-hydrogen) atoms. The number of halogens is 2. The topological polar surface area (TPSA) is 105 Å². The van der Waals surface area contributed by atoms with Crippen molar-refractivity contribution in [1.29, 1.82) is 0 Å². The summed E-state index contributed by atoms with van der Waals surface area (Å²) in [4.78, 5) is 30.9. The first kappa shape index (κ1) is 16.9. The van der Waals surface area contributed by atoms with Crippen LogP contribution >= 0.6 is 23.2 Å².